The van der Waals surface area contributed by atoms with Gasteiger partial charge in [0.15, 0.2) is 0 Å². The second-order valence-corrected chi connectivity index (χ2v) is 7.32. The van der Waals surface area contributed by atoms with Gasteiger partial charge < -0.3 is 19.4 Å². The monoisotopic (exact) mass is 372 g/mol. The van der Waals surface area contributed by atoms with E-state index in [2.05, 4.69) is 15.8 Å². The van der Waals surface area contributed by atoms with Crippen molar-refractivity contribution in [2.24, 2.45) is 0 Å². The van der Waals surface area contributed by atoms with Crippen LogP contribution in [-0.2, 0) is 25.5 Å². The fourth-order valence-electron chi connectivity index (χ4n) is 2.73. The van der Waals surface area contributed by atoms with Crippen molar-refractivity contribution in [2.45, 2.75) is 39.2 Å². The van der Waals surface area contributed by atoms with Gasteiger partial charge in [0.1, 0.15) is 5.60 Å². The predicted molar refractivity (Wildman–Crippen MR) is 105 cm³/mol. The molecule has 0 aliphatic carbocycles. The highest BCUT2D eigenvalue weighted by Crippen LogP contribution is 2.18. The lowest BCUT2D eigenvalue weighted by Crippen LogP contribution is -2.28. The number of aromatic nitrogens is 1. The van der Waals surface area contributed by atoms with Gasteiger partial charge >= 0.3 is 11.9 Å². The van der Waals surface area contributed by atoms with Gasteiger partial charge in [-0.15, -0.1) is 0 Å². The van der Waals surface area contributed by atoms with Gasteiger partial charge in [-0.05, 0) is 38.8 Å². The van der Waals surface area contributed by atoms with E-state index in [-0.39, 0.29) is 12.4 Å². The Bertz CT molecular complexity index is 802. The Morgan fingerprint density at radius 2 is 1.93 bits per heavy atom. The number of nitrogens with zero attached hydrogens (tertiary/aromatic N) is 1. The number of ether oxygens (including phenoxy) is 2. The lowest BCUT2D eigenvalue weighted by atomic mass is 10.1. The number of aromatic amines is 1. The van der Waals surface area contributed by atoms with Gasteiger partial charge in [0.25, 0.3) is 0 Å². The zero-order chi connectivity index (χ0) is 19.9. The molecule has 0 aliphatic rings. The molecule has 0 saturated carbocycles. The van der Waals surface area contributed by atoms with Crippen molar-refractivity contribution < 1.29 is 19.1 Å². The Hall–Kier alpha value is -2.76. The minimum absolute atomic E-state index is 0.247. The standard InChI is InChI=1S/C21H28N2O4/c1-21(2,3)27-20(25)11-14-23(13-10-19(24)26-4)12-9-16-15-22-18-8-6-5-7-17(16)18/h5-8,10,13,15,22H,9,11-12,14H2,1-4H3/b13-10+. The number of rotatable bonds is 8. The number of hydrogen-bond acceptors (Lipinski definition) is 5. The number of nitrogens with one attached hydrogen (secondary N) is 1. The maximum atomic E-state index is 12.0. The average Bonchev–Trinajstić information content (AvgIpc) is 3.02. The molecule has 6 nitrogen and oxygen atoms in total. The fourth-order valence-corrected chi connectivity index (χ4v) is 2.73. The smallest absolute Gasteiger partial charge is 0.331 e. The minimum atomic E-state index is -0.506. The summed E-state index contributed by atoms with van der Waals surface area (Å²) in [6, 6.07) is 8.12. The number of carbonyl (C=O) groups excluding carboxylic acids is 2. The third-order valence-corrected chi connectivity index (χ3v) is 3.99. The highest BCUT2D eigenvalue weighted by atomic mass is 16.6. The lowest BCUT2D eigenvalue weighted by molar-refractivity contribution is -0.155. The van der Waals surface area contributed by atoms with Gasteiger partial charge in [0.2, 0.25) is 0 Å². The Balaban J connectivity index is 2.00. The number of H-pyrrole nitrogens is 1. The van der Waals surface area contributed by atoms with Crippen LogP contribution in [0, 0.1) is 0 Å². The maximum Gasteiger partial charge on any atom is 0.331 e. The molecule has 2 aromatic rings. The summed E-state index contributed by atoms with van der Waals surface area (Å²) in [5, 5.41) is 1.18. The molecule has 146 valence electrons. The Labute approximate surface area is 160 Å². The molecule has 1 N–H and O–H groups in total. The summed E-state index contributed by atoms with van der Waals surface area (Å²) in [5.41, 5.74) is 1.78. The molecule has 1 heterocycles. The first-order valence-corrected chi connectivity index (χ1v) is 9.05. The number of para-hydroxylation sites is 1. The van der Waals surface area contributed by atoms with Gasteiger partial charge in [-0.2, -0.15) is 0 Å². The number of esters is 2. The highest BCUT2D eigenvalue weighted by molar-refractivity contribution is 5.83. The summed E-state index contributed by atoms with van der Waals surface area (Å²) in [5.74, 6) is -0.685. The van der Waals surface area contributed by atoms with Crippen LogP contribution in [0.15, 0.2) is 42.7 Å². The molecule has 0 bridgehead atoms. The van der Waals surface area contributed by atoms with E-state index in [0.717, 1.165) is 11.9 Å². The Kier molecular flexibility index (Phi) is 7.05. The number of benzene rings is 1. The lowest BCUT2D eigenvalue weighted by Gasteiger charge is -2.23. The number of fused-ring (bicyclic) bond motifs is 1. The van der Waals surface area contributed by atoms with Crippen molar-refractivity contribution in [3.05, 3.63) is 48.3 Å². The molecule has 0 atom stereocenters. The first kappa shape index (κ1) is 20.6. The zero-order valence-corrected chi connectivity index (χ0v) is 16.5. The predicted octanol–water partition coefficient (Wildman–Crippen LogP) is 3.43. The van der Waals surface area contributed by atoms with Gasteiger partial charge in [-0.3, -0.25) is 4.79 Å². The largest absolute Gasteiger partial charge is 0.466 e. The Morgan fingerprint density at radius 3 is 2.63 bits per heavy atom. The van der Waals surface area contributed by atoms with Gasteiger partial charge in [-0.1, -0.05) is 18.2 Å². The molecule has 0 saturated heterocycles. The number of carbonyl (C=O) groups is 2. The van der Waals surface area contributed by atoms with Crippen LogP contribution in [0.25, 0.3) is 10.9 Å². The van der Waals surface area contributed by atoms with Gasteiger partial charge in [-0.25, -0.2) is 4.79 Å². The van der Waals surface area contributed by atoms with E-state index >= 15 is 0 Å². The molecular weight excluding hydrogens is 344 g/mol. The second kappa shape index (κ2) is 9.26. The molecule has 0 radical (unpaired) electrons. The quantitative estimate of drug-likeness (QED) is 0.568. The first-order valence-electron chi connectivity index (χ1n) is 9.05. The van der Waals surface area contributed by atoms with Crippen LogP contribution >= 0.6 is 0 Å². The van der Waals surface area contributed by atoms with Crippen molar-refractivity contribution in [2.75, 3.05) is 20.2 Å². The molecule has 0 amide bonds. The van der Waals surface area contributed by atoms with Crippen LogP contribution in [0.1, 0.15) is 32.8 Å². The summed E-state index contributed by atoms with van der Waals surface area (Å²) in [6.45, 7) is 6.66. The third-order valence-electron chi connectivity index (χ3n) is 3.99. The van der Waals surface area contributed by atoms with E-state index < -0.39 is 11.6 Å². The molecule has 27 heavy (non-hydrogen) atoms. The SMILES string of the molecule is COC(=O)/C=C/N(CCC(=O)OC(C)(C)C)CCc1c[nH]c2ccccc12. The van der Waals surface area contributed by atoms with Gasteiger partial charge in [0.05, 0.1) is 13.5 Å². The summed E-state index contributed by atoms with van der Waals surface area (Å²) >= 11 is 0. The van der Waals surface area contributed by atoms with Crippen molar-refractivity contribution >= 4 is 22.8 Å². The van der Waals surface area contributed by atoms with E-state index in [1.807, 2.05) is 50.1 Å². The van der Waals surface area contributed by atoms with E-state index in [9.17, 15) is 9.59 Å². The second-order valence-electron chi connectivity index (χ2n) is 7.32. The molecule has 0 fully saturated rings. The average molecular weight is 372 g/mol. The summed E-state index contributed by atoms with van der Waals surface area (Å²) in [4.78, 5) is 28.6. The zero-order valence-electron chi connectivity index (χ0n) is 16.5. The molecule has 2 rings (SSSR count). The topological polar surface area (TPSA) is 71.6 Å². The Morgan fingerprint density at radius 1 is 1.19 bits per heavy atom. The van der Waals surface area contributed by atoms with E-state index in [1.165, 1.54) is 24.1 Å². The first-order chi connectivity index (χ1) is 12.8. The molecule has 0 aliphatic heterocycles. The molecule has 0 spiro atoms. The van der Waals surface area contributed by atoms with E-state index in [4.69, 9.17) is 4.74 Å². The highest BCUT2D eigenvalue weighted by Gasteiger charge is 2.16. The van der Waals surface area contributed by atoms with Crippen LogP contribution in [-0.4, -0.2) is 47.6 Å². The van der Waals surface area contributed by atoms with E-state index in [0.29, 0.717) is 13.1 Å². The normalized spacial score (nSPS) is 11.7. The van der Waals surface area contributed by atoms with Crippen molar-refractivity contribution in [3.8, 4) is 0 Å². The summed E-state index contributed by atoms with van der Waals surface area (Å²) < 4.78 is 10.0. The number of hydrogen-bond donors (Lipinski definition) is 1. The molecule has 1 aromatic carbocycles. The van der Waals surface area contributed by atoms with Crippen LogP contribution in [0.4, 0.5) is 0 Å². The molecule has 6 heteroatoms. The summed E-state index contributed by atoms with van der Waals surface area (Å²) in [7, 11) is 1.34. The van der Waals surface area contributed by atoms with Crippen LogP contribution < -0.4 is 0 Å². The van der Waals surface area contributed by atoms with Crippen molar-refractivity contribution in [1.29, 1.82) is 0 Å². The van der Waals surface area contributed by atoms with Crippen LogP contribution in [0.2, 0.25) is 0 Å². The van der Waals surface area contributed by atoms with Crippen LogP contribution in [0.3, 0.4) is 0 Å². The third kappa shape index (κ3) is 6.81. The fraction of sp³-hybridized carbons (Fsp3) is 0.429. The van der Waals surface area contributed by atoms with Crippen molar-refractivity contribution in [1.82, 2.24) is 9.88 Å². The maximum absolute atomic E-state index is 12.0. The van der Waals surface area contributed by atoms with E-state index in [1.54, 1.807) is 6.20 Å². The van der Waals surface area contributed by atoms with Crippen LogP contribution in [0.5, 0.6) is 0 Å². The molecule has 0 unspecified atom stereocenters. The summed E-state index contributed by atoms with van der Waals surface area (Å²) in [6.07, 6.45) is 6.07. The van der Waals surface area contributed by atoms with Crippen molar-refractivity contribution in [3.63, 3.8) is 0 Å². The number of methoxy groups -OCH3 is 1. The molecular formula is C21H28N2O4. The van der Waals surface area contributed by atoms with Gasteiger partial charge in [0, 0.05) is 42.5 Å². The molecule has 1 aromatic heterocycles. The minimum Gasteiger partial charge on any atom is -0.466 e.